The van der Waals surface area contributed by atoms with Gasteiger partial charge in [-0.2, -0.15) is 0 Å². The predicted molar refractivity (Wildman–Crippen MR) is 102 cm³/mol. The molecule has 144 valence electrons. The smallest absolute Gasteiger partial charge is 0.410 e. The second-order valence-corrected chi connectivity index (χ2v) is 7.76. The standard InChI is InChI=1S/C20H26N4O3/c1-15-17(18(25)24(22(15)3)16-8-5-4-6-9-16)12-23-11-7-10-20(14-23)13-21(2)19(26)27-20/h4-6,8-9H,7,10-14H2,1-3H3/t20-/m1/s1. The third-order valence-corrected chi connectivity index (χ3v) is 5.81. The molecule has 1 amide bonds. The van der Waals surface area contributed by atoms with Gasteiger partial charge in [0.05, 0.1) is 17.8 Å². The van der Waals surface area contributed by atoms with Gasteiger partial charge >= 0.3 is 6.09 Å². The number of para-hydroxylation sites is 1. The topological polar surface area (TPSA) is 59.7 Å². The number of amides is 1. The van der Waals surface area contributed by atoms with E-state index in [1.165, 1.54) is 0 Å². The molecule has 2 aromatic rings. The summed E-state index contributed by atoms with van der Waals surface area (Å²) in [6.45, 7) is 4.75. The SMILES string of the molecule is Cc1c(CN2CCC[C@]3(C2)CN(C)C(=O)O3)c(=O)n(-c2ccccc2)n1C. The van der Waals surface area contributed by atoms with Gasteiger partial charge in [-0.05, 0) is 38.4 Å². The number of hydrogen-bond acceptors (Lipinski definition) is 4. The summed E-state index contributed by atoms with van der Waals surface area (Å²) in [5, 5.41) is 0. The molecule has 2 fully saturated rings. The van der Waals surface area contributed by atoms with Crippen LogP contribution in [-0.2, 0) is 18.3 Å². The lowest BCUT2D eigenvalue weighted by molar-refractivity contribution is -0.0114. The molecule has 1 aromatic carbocycles. The summed E-state index contributed by atoms with van der Waals surface area (Å²) < 4.78 is 9.31. The Labute approximate surface area is 158 Å². The average Bonchev–Trinajstić information content (AvgIpc) is 3.03. The van der Waals surface area contributed by atoms with Crippen molar-refractivity contribution in [3.05, 3.63) is 51.9 Å². The van der Waals surface area contributed by atoms with Crippen molar-refractivity contribution in [2.24, 2.45) is 7.05 Å². The predicted octanol–water partition coefficient (Wildman–Crippen LogP) is 1.90. The summed E-state index contributed by atoms with van der Waals surface area (Å²) in [7, 11) is 3.69. The van der Waals surface area contributed by atoms with Gasteiger partial charge in [0, 0.05) is 32.9 Å². The Hall–Kier alpha value is -2.54. The van der Waals surface area contributed by atoms with E-state index in [0.29, 0.717) is 19.6 Å². The van der Waals surface area contributed by atoms with Crippen LogP contribution in [0.25, 0.3) is 5.69 Å². The Morgan fingerprint density at radius 2 is 1.85 bits per heavy atom. The molecule has 2 aliphatic rings. The van der Waals surface area contributed by atoms with Gasteiger partial charge in [-0.25, -0.2) is 9.48 Å². The molecule has 2 aliphatic heterocycles. The van der Waals surface area contributed by atoms with Gasteiger partial charge in [0.2, 0.25) is 0 Å². The fraction of sp³-hybridized carbons (Fsp3) is 0.500. The van der Waals surface area contributed by atoms with Gasteiger partial charge in [0.1, 0.15) is 5.60 Å². The Balaban J connectivity index is 1.60. The number of piperidine rings is 1. The van der Waals surface area contributed by atoms with Crippen LogP contribution >= 0.6 is 0 Å². The third kappa shape index (κ3) is 3.06. The molecule has 4 rings (SSSR count). The first-order chi connectivity index (χ1) is 12.9. The van der Waals surface area contributed by atoms with E-state index in [1.807, 2.05) is 49.0 Å². The molecule has 0 radical (unpaired) electrons. The Bertz CT molecular complexity index is 917. The van der Waals surface area contributed by atoms with Crippen LogP contribution < -0.4 is 5.56 Å². The number of benzene rings is 1. The van der Waals surface area contributed by atoms with E-state index in [4.69, 9.17) is 4.74 Å². The molecule has 0 N–H and O–H groups in total. The molecule has 0 saturated carbocycles. The zero-order chi connectivity index (χ0) is 19.2. The van der Waals surface area contributed by atoms with E-state index >= 15 is 0 Å². The van der Waals surface area contributed by atoms with E-state index in [0.717, 1.165) is 36.3 Å². The van der Waals surface area contributed by atoms with Crippen molar-refractivity contribution < 1.29 is 9.53 Å². The summed E-state index contributed by atoms with van der Waals surface area (Å²) in [5.41, 5.74) is 2.20. The first-order valence-electron chi connectivity index (χ1n) is 9.40. The summed E-state index contributed by atoms with van der Waals surface area (Å²) in [6.07, 6.45) is 1.58. The van der Waals surface area contributed by atoms with Crippen molar-refractivity contribution >= 4 is 6.09 Å². The van der Waals surface area contributed by atoms with E-state index < -0.39 is 5.60 Å². The lowest BCUT2D eigenvalue weighted by Crippen LogP contribution is -2.50. The van der Waals surface area contributed by atoms with Crippen LogP contribution in [0.2, 0.25) is 0 Å². The van der Waals surface area contributed by atoms with Crippen molar-refractivity contribution in [3.63, 3.8) is 0 Å². The van der Waals surface area contributed by atoms with Crippen molar-refractivity contribution in [2.45, 2.75) is 31.9 Å². The largest absolute Gasteiger partial charge is 0.440 e. The van der Waals surface area contributed by atoms with Gasteiger partial charge in [-0.3, -0.25) is 14.4 Å². The third-order valence-electron chi connectivity index (χ3n) is 5.81. The number of hydrogen-bond donors (Lipinski definition) is 0. The molecular weight excluding hydrogens is 344 g/mol. The highest BCUT2D eigenvalue weighted by molar-refractivity contribution is 5.70. The number of likely N-dealkylation sites (N-methyl/N-ethyl adjacent to an activating group) is 1. The lowest BCUT2D eigenvalue weighted by Gasteiger charge is -2.38. The monoisotopic (exact) mass is 370 g/mol. The maximum Gasteiger partial charge on any atom is 0.410 e. The molecule has 1 spiro atoms. The number of rotatable bonds is 3. The molecule has 0 unspecified atom stereocenters. The van der Waals surface area contributed by atoms with Crippen LogP contribution in [0, 0.1) is 6.92 Å². The van der Waals surface area contributed by atoms with Crippen LogP contribution in [0.5, 0.6) is 0 Å². The number of likely N-dealkylation sites (tertiary alicyclic amines) is 1. The minimum atomic E-state index is -0.439. The normalized spacial score (nSPS) is 23.2. The van der Waals surface area contributed by atoms with Crippen LogP contribution in [0.4, 0.5) is 4.79 Å². The molecule has 27 heavy (non-hydrogen) atoms. The zero-order valence-corrected chi connectivity index (χ0v) is 16.1. The van der Waals surface area contributed by atoms with Crippen molar-refractivity contribution in [1.82, 2.24) is 19.2 Å². The van der Waals surface area contributed by atoms with E-state index in [9.17, 15) is 9.59 Å². The second-order valence-electron chi connectivity index (χ2n) is 7.76. The minimum absolute atomic E-state index is 0.0151. The number of ether oxygens (including phenoxy) is 1. The van der Waals surface area contributed by atoms with Gasteiger partial charge in [-0.1, -0.05) is 18.2 Å². The molecule has 1 atom stereocenters. The molecule has 7 nitrogen and oxygen atoms in total. The molecule has 0 aliphatic carbocycles. The summed E-state index contributed by atoms with van der Waals surface area (Å²) in [5.74, 6) is 0. The van der Waals surface area contributed by atoms with Crippen LogP contribution in [-0.4, -0.2) is 57.5 Å². The highest BCUT2D eigenvalue weighted by Crippen LogP contribution is 2.32. The van der Waals surface area contributed by atoms with Gasteiger partial charge in [0.15, 0.2) is 0 Å². The highest BCUT2D eigenvalue weighted by Gasteiger charge is 2.46. The maximum atomic E-state index is 13.1. The van der Waals surface area contributed by atoms with Crippen molar-refractivity contribution in [3.8, 4) is 5.69 Å². The highest BCUT2D eigenvalue weighted by atomic mass is 16.6. The number of carbonyl (C=O) groups excluding carboxylic acids is 1. The minimum Gasteiger partial charge on any atom is -0.440 e. The second kappa shape index (κ2) is 6.56. The van der Waals surface area contributed by atoms with Crippen LogP contribution in [0.15, 0.2) is 35.1 Å². The Kier molecular flexibility index (Phi) is 4.34. The maximum absolute atomic E-state index is 13.1. The Morgan fingerprint density at radius 3 is 2.52 bits per heavy atom. The van der Waals surface area contributed by atoms with Crippen molar-refractivity contribution in [1.29, 1.82) is 0 Å². The molecule has 2 saturated heterocycles. The van der Waals surface area contributed by atoms with Crippen LogP contribution in [0.1, 0.15) is 24.1 Å². The first-order valence-corrected chi connectivity index (χ1v) is 9.40. The molecule has 0 bridgehead atoms. The molecule has 7 heteroatoms. The molecular formula is C20H26N4O3. The van der Waals surface area contributed by atoms with Gasteiger partial charge in [-0.15, -0.1) is 0 Å². The van der Waals surface area contributed by atoms with Crippen molar-refractivity contribution in [2.75, 3.05) is 26.7 Å². The van der Waals surface area contributed by atoms with Gasteiger partial charge < -0.3 is 9.64 Å². The molecule has 1 aromatic heterocycles. The quantitative estimate of drug-likeness (QED) is 0.828. The number of carbonyl (C=O) groups is 1. The Morgan fingerprint density at radius 1 is 1.11 bits per heavy atom. The average molecular weight is 370 g/mol. The summed E-state index contributed by atoms with van der Waals surface area (Å²) in [6, 6.07) is 9.69. The van der Waals surface area contributed by atoms with E-state index in [-0.39, 0.29) is 11.7 Å². The van der Waals surface area contributed by atoms with E-state index in [2.05, 4.69) is 4.90 Å². The lowest BCUT2D eigenvalue weighted by atomic mass is 9.92. The molecule has 3 heterocycles. The van der Waals surface area contributed by atoms with Gasteiger partial charge in [0.25, 0.3) is 5.56 Å². The van der Waals surface area contributed by atoms with Crippen LogP contribution in [0.3, 0.4) is 0 Å². The fourth-order valence-corrected chi connectivity index (χ4v) is 4.36. The van der Waals surface area contributed by atoms with E-state index in [1.54, 1.807) is 16.6 Å². The summed E-state index contributed by atoms with van der Waals surface area (Å²) >= 11 is 0. The zero-order valence-electron chi connectivity index (χ0n) is 16.1. The fourth-order valence-electron chi connectivity index (χ4n) is 4.36. The summed E-state index contributed by atoms with van der Waals surface area (Å²) in [4.78, 5) is 28.9. The number of aromatic nitrogens is 2. The number of nitrogens with zero attached hydrogens (tertiary/aromatic N) is 4. The first kappa shape index (κ1) is 17.9.